The topological polar surface area (TPSA) is 46.9 Å². The monoisotopic (exact) mass is 393 g/mol. The van der Waals surface area contributed by atoms with Crippen molar-refractivity contribution in [1.29, 1.82) is 0 Å². The highest BCUT2D eigenvalue weighted by atomic mass is 32.1. The number of hydrogen-bond acceptors (Lipinski definition) is 3. The van der Waals surface area contributed by atoms with Gasteiger partial charge in [-0.25, -0.2) is 4.98 Å². The summed E-state index contributed by atoms with van der Waals surface area (Å²) in [6.45, 7) is 1.54. The minimum absolute atomic E-state index is 0.212. The smallest absolute Gasteiger partial charge is 0.231 e. The lowest BCUT2D eigenvalue weighted by atomic mass is 9.72. The Labute approximate surface area is 170 Å². The average molecular weight is 394 g/mol. The maximum Gasteiger partial charge on any atom is 0.231 e. The van der Waals surface area contributed by atoms with Crippen LogP contribution < -0.4 is 5.32 Å². The number of benzene rings is 1. The molecule has 0 aliphatic heterocycles. The van der Waals surface area contributed by atoms with Gasteiger partial charge in [-0.3, -0.25) is 4.79 Å². The van der Waals surface area contributed by atoms with Crippen LogP contribution in [0, 0.1) is 0 Å². The molecule has 1 aliphatic carbocycles. The summed E-state index contributed by atoms with van der Waals surface area (Å²) in [7, 11) is 0. The molecule has 1 amide bonds. The third-order valence-corrected chi connectivity index (χ3v) is 6.82. The van der Waals surface area contributed by atoms with Crippen molar-refractivity contribution in [3.63, 3.8) is 0 Å². The molecular weight excluding hydrogens is 366 g/mol. The molecule has 0 atom stereocenters. The molecule has 1 N–H and O–H groups in total. The molecule has 2 heterocycles. The third-order valence-electron chi connectivity index (χ3n) is 5.74. The highest BCUT2D eigenvalue weighted by Crippen LogP contribution is 2.41. The van der Waals surface area contributed by atoms with E-state index in [1.165, 1.54) is 11.3 Å². The predicted molar refractivity (Wildman–Crippen MR) is 114 cm³/mol. The molecule has 0 spiro atoms. The van der Waals surface area contributed by atoms with Gasteiger partial charge < -0.3 is 9.88 Å². The highest BCUT2D eigenvalue weighted by Gasteiger charge is 2.41. The zero-order valence-corrected chi connectivity index (χ0v) is 17.0. The fraction of sp³-hybridized carbons (Fsp3) is 0.391. The normalized spacial score (nSPS) is 16.0. The number of nitrogens with one attached hydrogen (secondary N) is 1. The number of hydrogen-bond donors (Lipinski definition) is 1. The van der Waals surface area contributed by atoms with Crippen molar-refractivity contribution in [3.8, 4) is 11.4 Å². The first-order valence-electron chi connectivity index (χ1n) is 10.2. The van der Waals surface area contributed by atoms with Crippen molar-refractivity contribution in [2.45, 2.75) is 50.5 Å². The van der Waals surface area contributed by atoms with Crippen LogP contribution in [0.5, 0.6) is 0 Å². The van der Waals surface area contributed by atoms with Crippen molar-refractivity contribution < 1.29 is 4.79 Å². The van der Waals surface area contributed by atoms with E-state index in [4.69, 9.17) is 0 Å². The first-order valence-corrected chi connectivity index (χ1v) is 11.1. The SMILES string of the molecule is O=C(NCCCn1ccnc1-c1ccccc1)C1(c2cccs2)CCCCC1. The van der Waals surface area contributed by atoms with E-state index < -0.39 is 0 Å². The fourth-order valence-corrected chi connectivity index (χ4v) is 5.23. The molecule has 146 valence electrons. The third kappa shape index (κ3) is 3.90. The lowest BCUT2D eigenvalue weighted by Crippen LogP contribution is -2.45. The molecule has 2 aromatic heterocycles. The molecule has 0 radical (unpaired) electrons. The van der Waals surface area contributed by atoms with Crippen LogP contribution in [-0.4, -0.2) is 22.0 Å². The molecule has 3 aromatic rings. The van der Waals surface area contributed by atoms with E-state index in [9.17, 15) is 4.79 Å². The van der Waals surface area contributed by atoms with Gasteiger partial charge in [0.05, 0.1) is 5.41 Å². The van der Waals surface area contributed by atoms with Gasteiger partial charge in [0.1, 0.15) is 5.82 Å². The van der Waals surface area contributed by atoms with Gasteiger partial charge in [0, 0.05) is 35.9 Å². The van der Waals surface area contributed by atoms with Gasteiger partial charge in [-0.15, -0.1) is 11.3 Å². The maximum atomic E-state index is 13.1. The quantitative estimate of drug-likeness (QED) is 0.573. The van der Waals surface area contributed by atoms with Crippen molar-refractivity contribution in [3.05, 3.63) is 65.1 Å². The van der Waals surface area contributed by atoms with Crippen LogP contribution in [0.25, 0.3) is 11.4 Å². The number of nitrogens with zero attached hydrogens (tertiary/aromatic N) is 2. The Morgan fingerprint density at radius 1 is 1.11 bits per heavy atom. The lowest BCUT2D eigenvalue weighted by molar-refractivity contribution is -0.127. The van der Waals surface area contributed by atoms with Gasteiger partial charge in [0.15, 0.2) is 0 Å². The summed E-state index contributed by atoms with van der Waals surface area (Å²) in [4.78, 5) is 18.9. The second-order valence-electron chi connectivity index (χ2n) is 7.54. The van der Waals surface area contributed by atoms with E-state index in [-0.39, 0.29) is 11.3 Å². The zero-order chi connectivity index (χ0) is 19.2. The molecule has 0 bridgehead atoms. The van der Waals surface area contributed by atoms with Gasteiger partial charge in [-0.1, -0.05) is 55.7 Å². The molecule has 4 rings (SSSR count). The Bertz CT molecular complexity index is 880. The Morgan fingerprint density at radius 3 is 2.68 bits per heavy atom. The molecule has 1 aliphatic rings. The highest BCUT2D eigenvalue weighted by molar-refractivity contribution is 7.10. The summed E-state index contributed by atoms with van der Waals surface area (Å²) < 4.78 is 2.16. The van der Waals surface area contributed by atoms with Crippen LogP contribution in [0.3, 0.4) is 0 Å². The van der Waals surface area contributed by atoms with Crippen LogP contribution in [-0.2, 0) is 16.8 Å². The van der Waals surface area contributed by atoms with E-state index in [1.54, 1.807) is 11.3 Å². The molecule has 4 nitrogen and oxygen atoms in total. The molecular formula is C23H27N3OS. The Kier molecular flexibility index (Phi) is 5.91. The Hall–Kier alpha value is -2.40. The largest absolute Gasteiger partial charge is 0.355 e. The Morgan fingerprint density at radius 2 is 1.93 bits per heavy atom. The number of aromatic nitrogens is 2. The molecule has 28 heavy (non-hydrogen) atoms. The van der Waals surface area contributed by atoms with E-state index in [0.717, 1.165) is 50.0 Å². The van der Waals surface area contributed by atoms with Crippen LogP contribution in [0.15, 0.2) is 60.2 Å². The number of aryl methyl sites for hydroxylation is 1. The first-order chi connectivity index (χ1) is 13.8. The number of rotatable bonds is 7. The number of amides is 1. The number of thiophene rings is 1. The van der Waals surface area contributed by atoms with Crippen LogP contribution in [0.1, 0.15) is 43.4 Å². The van der Waals surface area contributed by atoms with Gasteiger partial charge in [0.2, 0.25) is 5.91 Å². The summed E-state index contributed by atoms with van der Waals surface area (Å²) >= 11 is 1.72. The standard InChI is InChI=1S/C23H27N3OS/c27-22(23(12-5-2-6-13-23)20-11-7-18-28-20)25-14-8-16-26-17-15-24-21(26)19-9-3-1-4-10-19/h1,3-4,7,9-11,15,17-18H,2,5-6,8,12-14,16H2,(H,25,27). The summed E-state index contributed by atoms with van der Waals surface area (Å²) in [5, 5.41) is 5.32. The number of imidazole rings is 1. The summed E-state index contributed by atoms with van der Waals surface area (Å²) in [6, 6.07) is 14.4. The summed E-state index contributed by atoms with van der Waals surface area (Å²) in [5.41, 5.74) is 0.812. The first kappa shape index (κ1) is 18.9. The maximum absolute atomic E-state index is 13.1. The van der Waals surface area contributed by atoms with Gasteiger partial charge >= 0.3 is 0 Å². The minimum atomic E-state index is -0.309. The van der Waals surface area contributed by atoms with Crippen molar-refractivity contribution in [1.82, 2.24) is 14.9 Å². The van der Waals surface area contributed by atoms with Crippen LogP contribution in [0.4, 0.5) is 0 Å². The molecule has 5 heteroatoms. The summed E-state index contributed by atoms with van der Waals surface area (Å²) in [5.74, 6) is 1.19. The molecule has 1 aromatic carbocycles. The van der Waals surface area contributed by atoms with Crippen molar-refractivity contribution in [2.75, 3.05) is 6.54 Å². The van der Waals surface area contributed by atoms with Crippen molar-refractivity contribution in [2.24, 2.45) is 0 Å². The number of carbonyl (C=O) groups excluding carboxylic acids is 1. The molecule has 0 unspecified atom stereocenters. The summed E-state index contributed by atoms with van der Waals surface area (Å²) in [6.07, 6.45) is 10.2. The van der Waals surface area contributed by atoms with Crippen LogP contribution in [0.2, 0.25) is 0 Å². The minimum Gasteiger partial charge on any atom is -0.355 e. The van der Waals surface area contributed by atoms with Gasteiger partial charge in [-0.05, 0) is 30.7 Å². The van der Waals surface area contributed by atoms with E-state index >= 15 is 0 Å². The average Bonchev–Trinajstić information content (AvgIpc) is 3.44. The second-order valence-corrected chi connectivity index (χ2v) is 8.49. The van der Waals surface area contributed by atoms with Crippen LogP contribution >= 0.6 is 11.3 Å². The molecule has 1 saturated carbocycles. The van der Waals surface area contributed by atoms with Gasteiger partial charge in [0.25, 0.3) is 0 Å². The van der Waals surface area contributed by atoms with E-state index in [1.807, 2.05) is 30.6 Å². The zero-order valence-electron chi connectivity index (χ0n) is 16.1. The Balaban J connectivity index is 1.35. The molecule has 0 saturated heterocycles. The van der Waals surface area contributed by atoms with E-state index in [2.05, 4.69) is 44.5 Å². The second kappa shape index (κ2) is 8.74. The van der Waals surface area contributed by atoms with Gasteiger partial charge in [-0.2, -0.15) is 0 Å². The lowest BCUT2D eigenvalue weighted by Gasteiger charge is -2.35. The number of carbonyl (C=O) groups is 1. The molecule has 1 fully saturated rings. The van der Waals surface area contributed by atoms with E-state index in [0.29, 0.717) is 6.54 Å². The fourth-order valence-electron chi connectivity index (χ4n) is 4.25. The van der Waals surface area contributed by atoms with Crippen molar-refractivity contribution >= 4 is 17.2 Å². The predicted octanol–water partition coefficient (Wildman–Crippen LogP) is 5.02.